The van der Waals surface area contributed by atoms with Crippen molar-refractivity contribution < 1.29 is 9.59 Å². The molecule has 14 nitrogen and oxygen atoms in total. The number of nitrogen functional groups attached to an aromatic ring is 2. The molecular formula is C40H34Cl2N12O2. The number of nitrogens with one attached hydrogen (secondary N) is 2. The van der Waals surface area contributed by atoms with Crippen LogP contribution in [0, 0.1) is 60.2 Å². The van der Waals surface area contributed by atoms with Crippen LogP contribution >= 0.6 is 23.2 Å². The summed E-state index contributed by atoms with van der Waals surface area (Å²) in [5.74, 6) is 1.12. The predicted molar refractivity (Wildman–Crippen MR) is 215 cm³/mol. The number of fused-ring (bicyclic) bond motifs is 2. The van der Waals surface area contributed by atoms with Crippen LogP contribution in [0.15, 0.2) is 61.4 Å². The molecule has 2 aliphatic rings. The molecule has 6 aromatic heterocycles. The molecule has 4 atom stereocenters. The standard InChI is InChI=1S/2C20H17ClN6O/c2*1-10-3-5-24-8-14(10)18-17(21)13-7-16(25-9-15(13)19(23)27-18)26-20(28)12-6-11(12)2-4-22/h2*3,5,7-9,11-12H,2,6H2,1H3,(H2,23,27)(H,25,26,28)/t2*11-,12-/m10/s1. The second kappa shape index (κ2) is 15.7. The van der Waals surface area contributed by atoms with Gasteiger partial charge >= 0.3 is 0 Å². The zero-order valence-electron chi connectivity index (χ0n) is 30.2. The quantitative estimate of drug-likeness (QED) is 0.118. The number of rotatable bonds is 8. The van der Waals surface area contributed by atoms with Crippen LogP contribution in [0.3, 0.4) is 0 Å². The van der Waals surface area contributed by atoms with Gasteiger partial charge in [-0.2, -0.15) is 10.5 Å². The summed E-state index contributed by atoms with van der Waals surface area (Å²) in [7, 11) is 0. The Labute approximate surface area is 331 Å². The summed E-state index contributed by atoms with van der Waals surface area (Å²) in [5, 5.41) is 26.5. The molecule has 280 valence electrons. The highest BCUT2D eigenvalue weighted by Gasteiger charge is 2.43. The highest BCUT2D eigenvalue weighted by molar-refractivity contribution is 6.39. The van der Waals surface area contributed by atoms with Crippen LogP contribution in [-0.2, 0) is 9.59 Å². The number of nitrogens with two attached hydrogens (primary N) is 2. The number of halogens is 2. The lowest BCUT2D eigenvalue weighted by Gasteiger charge is -2.12. The van der Waals surface area contributed by atoms with E-state index < -0.39 is 0 Å². The van der Waals surface area contributed by atoms with Crippen LogP contribution in [-0.4, -0.2) is 41.7 Å². The molecule has 2 saturated carbocycles. The molecule has 0 spiro atoms. The van der Waals surface area contributed by atoms with Crippen LogP contribution in [0.1, 0.15) is 36.8 Å². The van der Waals surface area contributed by atoms with Crippen molar-refractivity contribution >= 4 is 79.8 Å². The fourth-order valence-corrected chi connectivity index (χ4v) is 7.18. The fraction of sp³-hybridized carbons (Fsp3) is 0.250. The number of carbonyl (C=O) groups excluding carboxylic acids is 2. The highest BCUT2D eigenvalue weighted by Crippen LogP contribution is 2.43. The Balaban J connectivity index is 0.000000172. The van der Waals surface area contributed by atoms with Crippen LogP contribution in [0.4, 0.5) is 23.3 Å². The summed E-state index contributed by atoms with van der Waals surface area (Å²) in [5.41, 5.74) is 16.9. The van der Waals surface area contributed by atoms with Crippen LogP contribution in [0.2, 0.25) is 10.0 Å². The zero-order chi connectivity index (χ0) is 39.7. The van der Waals surface area contributed by atoms with Crippen molar-refractivity contribution in [2.45, 2.75) is 39.5 Å². The van der Waals surface area contributed by atoms with Gasteiger partial charge in [-0.15, -0.1) is 0 Å². The van der Waals surface area contributed by atoms with Gasteiger partial charge in [0.15, 0.2) is 0 Å². The first-order chi connectivity index (χ1) is 27.0. The summed E-state index contributed by atoms with van der Waals surface area (Å²) in [6.45, 7) is 3.89. The molecule has 56 heavy (non-hydrogen) atoms. The van der Waals surface area contributed by atoms with E-state index in [9.17, 15) is 9.59 Å². The minimum atomic E-state index is -0.135. The van der Waals surface area contributed by atoms with Crippen molar-refractivity contribution in [1.29, 1.82) is 10.5 Å². The second-order valence-corrected chi connectivity index (χ2v) is 14.6. The molecule has 0 saturated heterocycles. The average Bonchev–Trinajstić information content (AvgIpc) is 4.13. The number of hydrogen-bond donors (Lipinski definition) is 4. The Morgan fingerprint density at radius 3 is 1.50 bits per heavy atom. The van der Waals surface area contributed by atoms with Gasteiger partial charge in [0.25, 0.3) is 0 Å². The first-order valence-electron chi connectivity index (χ1n) is 17.7. The van der Waals surface area contributed by atoms with Gasteiger partial charge in [0, 0.05) is 94.5 Å². The summed E-state index contributed by atoms with van der Waals surface area (Å²) in [6.07, 6.45) is 12.2. The van der Waals surface area contributed by atoms with Crippen LogP contribution in [0.25, 0.3) is 44.1 Å². The maximum absolute atomic E-state index is 12.3. The van der Waals surface area contributed by atoms with Gasteiger partial charge in [0.2, 0.25) is 11.8 Å². The number of anilines is 4. The first kappa shape index (κ1) is 37.8. The molecule has 0 aliphatic heterocycles. The molecule has 6 aromatic rings. The Bertz CT molecular complexity index is 2460. The fourth-order valence-electron chi connectivity index (χ4n) is 6.58. The lowest BCUT2D eigenvalue weighted by molar-refractivity contribution is -0.118. The SMILES string of the molecule is Cc1ccncc1-c1nc(N)c2cnc(NC(=O)[C@@H]3C[C@H]3CC#N)cc2c1Cl.Cc1ccncc1-c1nc(N)c2cnc(NC(=O)[C@H]3C[C@@H]3CC#N)cc2c1Cl. The van der Waals surface area contributed by atoms with Crippen molar-refractivity contribution in [3.8, 4) is 34.7 Å². The molecule has 2 fully saturated rings. The van der Waals surface area contributed by atoms with E-state index in [2.05, 4.69) is 52.7 Å². The average molecular weight is 786 g/mol. The van der Waals surface area contributed by atoms with Crippen molar-refractivity contribution in [1.82, 2.24) is 29.9 Å². The number of carbonyl (C=O) groups is 2. The molecule has 0 aromatic carbocycles. The molecular weight excluding hydrogens is 751 g/mol. The molecule has 16 heteroatoms. The molecule has 0 bridgehead atoms. The van der Waals surface area contributed by atoms with E-state index >= 15 is 0 Å². The monoisotopic (exact) mass is 784 g/mol. The van der Waals surface area contributed by atoms with Crippen molar-refractivity contribution in [3.63, 3.8) is 0 Å². The van der Waals surface area contributed by atoms with Gasteiger partial charge in [0.05, 0.1) is 33.6 Å². The van der Waals surface area contributed by atoms with Gasteiger partial charge in [0.1, 0.15) is 23.3 Å². The number of hydrogen-bond acceptors (Lipinski definition) is 12. The third-order valence-corrected chi connectivity index (χ3v) is 10.8. The van der Waals surface area contributed by atoms with Gasteiger partial charge in [-0.3, -0.25) is 19.6 Å². The van der Waals surface area contributed by atoms with Crippen molar-refractivity contribution in [2.75, 3.05) is 22.1 Å². The number of nitriles is 2. The molecule has 0 unspecified atom stereocenters. The number of aromatic nitrogens is 6. The Morgan fingerprint density at radius 1 is 0.714 bits per heavy atom. The van der Waals surface area contributed by atoms with E-state index in [-0.39, 0.29) is 35.5 Å². The van der Waals surface area contributed by atoms with Crippen LogP contribution < -0.4 is 22.1 Å². The maximum Gasteiger partial charge on any atom is 0.228 e. The van der Waals surface area contributed by atoms with Gasteiger partial charge < -0.3 is 22.1 Å². The molecule has 6 N–H and O–H groups in total. The van der Waals surface area contributed by atoms with Crippen molar-refractivity contribution in [2.24, 2.45) is 23.7 Å². The lowest BCUT2D eigenvalue weighted by atomic mass is 10.1. The Hall–Kier alpha value is -6.48. The van der Waals surface area contributed by atoms with E-state index in [1.165, 1.54) is 0 Å². The Kier molecular flexibility index (Phi) is 10.6. The van der Waals surface area contributed by atoms with Gasteiger partial charge in [-0.25, -0.2) is 19.9 Å². The Morgan fingerprint density at radius 2 is 1.12 bits per heavy atom. The van der Waals surface area contributed by atoms with E-state index in [1.54, 1.807) is 49.3 Å². The topological polar surface area (TPSA) is 235 Å². The number of aryl methyl sites for hydroxylation is 2. The van der Waals surface area contributed by atoms with E-state index in [0.717, 1.165) is 35.1 Å². The van der Waals surface area contributed by atoms with Crippen LogP contribution in [0.5, 0.6) is 0 Å². The molecule has 2 amide bonds. The molecule has 2 aliphatic carbocycles. The molecule has 8 rings (SSSR count). The number of amides is 2. The van der Waals surface area contributed by atoms with E-state index in [4.69, 9.17) is 45.2 Å². The third kappa shape index (κ3) is 7.71. The maximum atomic E-state index is 12.3. The third-order valence-electron chi connectivity index (χ3n) is 10.0. The molecule has 6 heterocycles. The number of nitrogens with zero attached hydrogens (tertiary/aromatic N) is 8. The first-order valence-corrected chi connectivity index (χ1v) is 18.4. The zero-order valence-corrected chi connectivity index (χ0v) is 31.7. The van der Waals surface area contributed by atoms with Crippen molar-refractivity contribution in [3.05, 3.63) is 82.6 Å². The summed E-state index contributed by atoms with van der Waals surface area (Å²) in [6, 6.07) is 11.4. The normalized spacial score (nSPS) is 17.9. The minimum absolute atomic E-state index is 0.131. The lowest BCUT2D eigenvalue weighted by Crippen LogP contribution is -2.15. The summed E-state index contributed by atoms with van der Waals surface area (Å²) < 4.78 is 0. The highest BCUT2D eigenvalue weighted by atomic mass is 35.5. The summed E-state index contributed by atoms with van der Waals surface area (Å²) in [4.78, 5) is 50.4. The van der Waals surface area contributed by atoms with E-state index in [1.807, 2.05) is 26.0 Å². The van der Waals surface area contributed by atoms with Gasteiger partial charge in [-0.1, -0.05) is 23.2 Å². The van der Waals surface area contributed by atoms with Gasteiger partial charge in [-0.05, 0) is 73.9 Å². The van der Waals surface area contributed by atoms with E-state index in [0.29, 0.717) is 79.1 Å². The second-order valence-electron chi connectivity index (χ2n) is 13.8. The summed E-state index contributed by atoms with van der Waals surface area (Å²) >= 11 is 13.3. The minimum Gasteiger partial charge on any atom is -0.383 e. The number of pyridine rings is 6. The smallest absolute Gasteiger partial charge is 0.228 e. The molecule has 0 radical (unpaired) electrons. The largest absolute Gasteiger partial charge is 0.383 e. The predicted octanol–water partition coefficient (Wildman–Crippen LogP) is 7.45.